The molecule has 0 aliphatic rings. The summed E-state index contributed by atoms with van der Waals surface area (Å²) in [5, 5.41) is 0. The molecule has 0 unspecified atom stereocenters. The van der Waals surface area contributed by atoms with Gasteiger partial charge in [0.25, 0.3) is 0 Å². The van der Waals surface area contributed by atoms with Crippen molar-refractivity contribution in [3.05, 3.63) is 101 Å². The van der Waals surface area contributed by atoms with Crippen molar-refractivity contribution in [1.82, 2.24) is 4.98 Å². The number of nitrogens with zero attached hydrogens (tertiary/aromatic N) is 1. The fourth-order valence-corrected chi connectivity index (χ4v) is 3.32. The summed E-state index contributed by atoms with van der Waals surface area (Å²) >= 11 is 0. The van der Waals surface area contributed by atoms with Crippen molar-refractivity contribution in [2.45, 2.75) is 33.1 Å². The fraction of sp³-hybridized carbons (Fsp3) is 0.185. The average Bonchev–Trinajstić information content (AvgIpc) is 3.15. The number of ketones is 1. The molecule has 0 fully saturated rings. The van der Waals surface area contributed by atoms with Crippen molar-refractivity contribution < 1.29 is 9.21 Å². The predicted molar refractivity (Wildman–Crippen MR) is 123 cm³/mol. The van der Waals surface area contributed by atoms with Gasteiger partial charge >= 0.3 is 0 Å². The Hall–Kier alpha value is -3.46. The number of rotatable bonds is 4. The summed E-state index contributed by atoms with van der Waals surface area (Å²) in [6.45, 7) is 8.55. The molecule has 0 aliphatic carbocycles. The molecule has 3 aromatic carbocycles. The molecule has 0 N–H and O–H groups in total. The molecule has 30 heavy (non-hydrogen) atoms. The van der Waals surface area contributed by atoms with Crippen LogP contribution in [0.3, 0.4) is 0 Å². The largest absolute Gasteiger partial charge is 0.436 e. The average molecular weight is 396 g/mol. The zero-order valence-electron chi connectivity index (χ0n) is 17.8. The number of Topliss-reactive ketones (excluding diaryl/α,β-unsaturated/α-hetero) is 1. The standard InChI is InChI=1S/C27H25NO2/c1-18-9-13-20(14-10-18)25(29)22(26-28-23-7-5-6-8-24(23)30-26)17-19-11-15-21(16-12-19)27(2,3)4/h5-17H,1-4H3. The minimum atomic E-state index is -0.110. The highest BCUT2D eigenvalue weighted by Crippen LogP contribution is 2.28. The van der Waals surface area contributed by atoms with Crippen molar-refractivity contribution in [2.75, 3.05) is 0 Å². The second-order valence-electron chi connectivity index (χ2n) is 8.61. The number of para-hydroxylation sites is 2. The van der Waals surface area contributed by atoms with Crippen LogP contribution in [0.25, 0.3) is 22.7 Å². The highest BCUT2D eigenvalue weighted by Gasteiger charge is 2.20. The van der Waals surface area contributed by atoms with Crippen molar-refractivity contribution in [3.63, 3.8) is 0 Å². The van der Waals surface area contributed by atoms with E-state index in [1.165, 1.54) is 5.56 Å². The number of oxazole rings is 1. The molecule has 0 atom stereocenters. The number of hydrogen-bond acceptors (Lipinski definition) is 3. The van der Waals surface area contributed by atoms with E-state index in [1.54, 1.807) is 0 Å². The van der Waals surface area contributed by atoms with Gasteiger partial charge in [-0.2, -0.15) is 0 Å². The number of aryl methyl sites for hydroxylation is 1. The summed E-state index contributed by atoms with van der Waals surface area (Å²) in [5.74, 6) is 0.225. The minimum Gasteiger partial charge on any atom is -0.436 e. The third-order valence-electron chi connectivity index (χ3n) is 5.17. The zero-order valence-corrected chi connectivity index (χ0v) is 17.8. The molecule has 4 rings (SSSR count). The lowest BCUT2D eigenvalue weighted by Gasteiger charge is -2.18. The smallest absolute Gasteiger partial charge is 0.231 e. The highest BCUT2D eigenvalue weighted by atomic mass is 16.3. The van der Waals surface area contributed by atoms with Gasteiger partial charge in [-0.25, -0.2) is 4.98 Å². The fourth-order valence-electron chi connectivity index (χ4n) is 3.32. The van der Waals surface area contributed by atoms with Crippen LogP contribution in [0.15, 0.2) is 77.2 Å². The quantitative estimate of drug-likeness (QED) is 0.280. The Bertz CT molecular complexity index is 1190. The summed E-state index contributed by atoms with van der Waals surface area (Å²) in [4.78, 5) is 18.0. The van der Waals surface area contributed by atoms with Gasteiger partial charge in [0.1, 0.15) is 5.52 Å². The Labute approximate surface area is 177 Å². The lowest BCUT2D eigenvalue weighted by molar-refractivity contribution is 0.105. The number of carbonyl (C=O) groups excluding carboxylic acids is 1. The van der Waals surface area contributed by atoms with Crippen molar-refractivity contribution in [3.8, 4) is 0 Å². The van der Waals surface area contributed by atoms with Gasteiger partial charge in [-0.1, -0.05) is 87.0 Å². The van der Waals surface area contributed by atoms with E-state index >= 15 is 0 Å². The van der Waals surface area contributed by atoms with E-state index in [4.69, 9.17) is 4.42 Å². The maximum Gasteiger partial charge on any atom is 0.231 e. The first kappa shape index (κ1) is 19.8. The molecule has 0 saturated carbocycles. The van der Waals surface area contributed by atoms with Crippen molar-refractivity contribution >= 4 is 28.5 Å². The normalized spacial score (nSPS) is 12.3. The molecule has 4 aromatic rings. The van der Waals surface area contributed by atoms with Crippen LogP contribution in [0.4, 0.5) is 0 Å². The molecule has 0 amide bonds. The minimum absolute atomic E-state index is 0.0725. The van der Waals surface area contributed by atoms with Crippen LogP contribution in [0.2, 0.25) is 0 Å². The summed E-state index contributed by atoms with van der Waals surface area (Å²) in [7, 11) is 0. The third kappa shape index (κ3) is 4.11. The van der Waals surface area contributed by atoms with Crippen LogP contribution in [-0.4, -0.2) is 10.8 Å². The molecule has 3 nitrogen and oxygen atoms in total. The lowest BCUT2D eigenvalue weighted by Crippen LogP contribution is -2.10. The predicted octanol–water partition coefficient (Wildman–Crippen LogP) is 6.86. The second-order valence-corrected chi connectivity index (χ2v) is 8.61. The van der Waals surface area contributed by atoms with Crippen LogP contribution < -0.4 is 0 Å². The van der Waals surface area contributed by atoms with E-state index < -0.39 is 0 Å². The van der Waals surface area contributed by atoms with Crippen LogP contribution in [0.1, 0.15) is 53.7 Å². The van der Waals surface area contributed by atoms with Gasteiger partial charge in [0, 0.05) is 5.56 Å². The topological polar surface area (TPSA) is 43.1 Å². The molecule has 0 aliphatic heterocycles. The molecule has 0 bridgehead atoms. The van der Waals surface area contributed by atoms with Crippen LogP contribution in [0.5, 0.6) is 0 Å². The van der Waals surface area contributed by atoms with Gasteiger partial charge in [0.2, 0.25) is 5.89 Å². The van der Waals surface area contributed by atoms with E-state index in [2.05, 4.69) is 37.9 Å². The van der Waals surface area contributed by atoms with E-state index in [0.29, 0.717) is 22.6 Å². The molecule has 1 heterocycles. The summed E-state index contributed by atoms with van der Waals surface area (Å²) in [5.41, 5.74) is 5.81. The number of hydrogen-bond donors (Lipinski definition) is 0. The Kier molecular flexibility index (Phi) is 5.13. The van der Waals surface area contributed by atoms with Crippen molar-refractivity contribution in [2.24, 2.45) is 0 Å². The third-order valence-corrected chi connectivity index (χ3v) is 5.17. The maximum atomic E-state index is 13.4. The zero-order chi connectivity index (χ0) is 21.3. The van der Waals surface area contributed by atoms with Gasteiger partial charge in [0.05, 0.1) is 5.57 Å². The number of aromatic nitrogens is 1. The Morgan fingerprint density at radius 1 is 0.900 bits per heavy atom. The second kappa shape index (κ2) is 7.75. The first-order chi connectivity index (χ1) is 14.3. The monoisotopic (exact) mass is 395 g/mol. The van der Waals surface area contributed by atoms with Crippen molar-refractivity contribution in [1.29, 1.82) is 0 Å². The van der Waals surface area contributed by atoms with Crippen LogP contribution >= 0.6 is 0 Å². The molecule has 0 saturated heterocycles. The molecule has 0 radical (unpaired) electrons. The van der Waals surface area contributed by atoms with Gasteiger partial charge in [-0.3, -0.25) is 4.79 Å². The molecular weight excluding hydrogens is 370 g/mol. The van der Waals surface area contributed by atoms with Gasteiger partial charge in [0.15, 0.2) is 11.4 Å². The van der Waals surface area contributed by atoms with Gasteiger partial charge < -0.3 is 4.42 Å². The Morgan fingerprint density at radius 2 is 1.57 bits per heavy atom. The Morgan fingerprint density at radius 3 is 2.20 bits per heavy atom. The molecule has 1 aromatic heterocycles. The summed E-state index contributed by atoms with van der Waals surface area (Å²) < 4.78 is 5.95. The van der Waals surface area contributed by atoms with Gasteiger partial charge in [-0.05, 0) is 41.7 Å². The number of fused-ring (bicyclic) bond motifs is 1. The van der Waals surface area contributed by atoms with Gasteiger partial charge in [-0.15, -0.1) is 0 Å². The molecular formula is C27H25NO2. The molecule has 3 heteroatoms. The number of benzene rings is 3. The summed E-state index contributed by atoms with van der Waals surface area (Å²) in [6.07, 6.45) is 1.86. The Balaban J connectivity index is 1.81. The van der Waals surface area contributed by atoms with E-state index in [0.717, 1.165) is 16.6 Å². The first-order valence-electron chi connectivity index (χ1n) is 10.1. The molecule has 150 valence electrons. The van der Waals surface area contributed by atoms with Crippen LogP contribution in [0, 0.1) is 6.92 Å². The van der Waals surface area contributed by atoms with E-state index in [9.17, 15) is 4.79 Å². The molecule has 0 spiro atoms. The maximum absolute atomic E-state index is 13.4. The highest BCUT2D eigenvalue weighted by molar-refractivity contribution is 6.31. The number of carbonyl (C=O) groups is 1. The van der Waals surface area contributed by atoms with E-state index in [1.807, 2.05) is 73.7 Å². The SMILES string of the molecule is Cc1ccc(C(=O)C(=Cc2ccc(C(C)(C)C)cc2)c2nc3ccccc3o2)cc1. The lowest BCUT2D eigenvalue weighted by atomic mass is 9.86. The first-order valence-corrected chi connectivity index (χ1v) is 10.1. The van der Waals surface area contributed by atoms with Crippen LogP contribution in [-0.2, 0) is 5.41 Å². The summed E-state index contributed by atoms with van der Waals surface area (Å²) in [6, 6.07) is 23.4. The van der Waals surface area contributed by atoms with E-state index in [-0.39, 0.29) is 11.2 Å². The number of allylic oxidation sites excluding steroid dienone is 1.